The molecule has 0 spiro atoms. The first-order valence-corrected chi connectivity index (χ1v) is 6.91. The zero-order valence-corrected chi connectivity index (χ0v) is 13.0. The number of carbonyl (C=O) groups excluding carboxylic acids is 1. The summed E-state index contributed by atoms with van der Waals surface area (Å²) in [6.45, 7) is 0.116. The predicted molar refractivity (Wildman–Crippen MR) is 81.5 cm³/mol. The number of methoxy groups -OCH3 is 1. The number of hydrogen-bond acceptors (Lipinski definition) is 5. The van der Waals surface area contributed by atoms with Gasteiger partial charge in [-0.2, -0.15) is 10.5 Å². The molecule has 0 radical (unpaired) electrons. The number of benzene rings is 1. The molecule has 1 aromatic carbocycles. The van der Waals surface area contributed by atoms with Crippen LogP contribution in [-0.2, 0) is 17.9 Å². The van der Waals surface area contributed by atoms with Gasteiger partial charge in [0, 0.05) is 17.1 Å². The van der Waals surface area contributed by atoms with E-state index in [1.165, 1.54) is 18.0 Å². The van der Waals surface area contributed by atoms with Gasteiger partial charge in [0.15, 0.2) is 11.4 Å². The van der Waals surface area contributed by atoms with Crippen LogP contribution >= 0.6 is 11.6 Å². The predicted octanol–water partition coefficient (Wildman–Crippen LogP) is 1.60. The maximum Gasteiger partial charge on any atom is 0.240 e. The lowest BCUT2D eigenvalue weighted by molar-refractivity contribution is -0.121. The summed E-state index contributed by atoms with van der Waals surface area (Å²) in [6, 6.07) is 8.77. The quantitative estimate of drug-likeness (QED) is 0.897. The summed E-state index contributed by atoms with van der Waals surface area (Å²) in [5, 5.41) is 21.1. The van der Waals surface area contributed by atoms with E-state index in [0.29, 0.717) is 10.8 Å². The smallest absolute Gasteiger partial charge is 0.240 e. The van der Waals surface area contributed by atoms with Gasteiger partial charge < -0.3 is 14.6 Å². The number of nitriles is 2. The van der Waals surface area contributed by atoms with Gasteiger partial charge in [-0.25, -0.2) is 4.98 Å². The second kappa shape index (κ2) is 7.30. The standard InChI is InChI=1S/C15H12ClN5O2/c1-23-14-3-2-11(16)4-10(14)7-19-15(22)8-21-9-20-12(5-17)13(21)6-18/h2-4,9H,7-8H2,1H3,(H,19,22). The number of rotatable bonds is 5. The van der Waals surface area contributed by atoms with Crippen LogP contribution in [0.15, 0.2) is 24.5 Å². The summed E-state index contributed by atoms with van der Waals surface area (Å²) in [7, 11) is 1.53. The van der Waals surface area contributed by atoms with Gasteiger partial charge in [0.2, 0.25) is 5.91 Å². The molecule has 1 N–H and O–H groups in total. The summed E-state index contributed by atoms with van der Waals surface area (Å²) >= 11 is 5.93. The Balaban J connectivity index is 2.04. The molecular weight excluding hydrogens is 318 g/mol. The van der Waals surface area contributed by atoms with Crippen molar-refractivity contribution in [1.29, 1.82) is 10.5 Å². The first-order valence-electron chi connectivity index (χ1n) is 6.53. The zero-order valence-electron chi connectivity index (χ0n) is 12.2. The molecule has 0 aliphatic carbocycles. The summed E-state index contributed by atoms with van der Waals surface area (Å²) in [4.78, 5) is 15.8. The molecule has 1 heterocycles. The minimum absolute atomic E-state index is 0.00295. The summed E-state index contributed by atoms with van der Waals surface area (Å²) < 4.78 is 6.52. The Morgan fingerprint density at radius 3 is 2.87 bits per heavy atom. The minimum atomic E-state index is -0.328. The molecule has 116 valence electrons. The average Bonchev–Trinajstić information content (AvgIpc) is 2.94. The highest BCUT2D eigenvalue weighted by atomic mass is 35.5. The molecule has 0 atom stereocenters. The van der Waals surface area contributed by atoms with Gasteiger partial charge in [-0.1, -0.05) is 11.6 Å². The van der Waals surface area contributed by atoms with E-state index in [4.69, 9.17) is 26.9 Å². The molecule has 1 aromatic heterocycles. The van der Waals surface area contributed by atoms with Gasteiger partial charge in [0.1, 0.15) is 24.4 Å². The first kappa shape index (κ1) is 16.3. The van der Waals surface area contributed by atoms with Crippen molar-refractivity contribution in [3.8, 4) is 17.9 Å². The summed E-state index contributed by atoms with van der Waals surface area (Å²) in [6.07, 6.45) is 1.29. The molecule has 23 heavy (non-hydrogen) atoms. The molecule has 0 bridgehead atoms. The number of ether oxygens (including phenoxy) is 1. The van der Waals surface area contributed by atoms with Crippen LogP contribution in [0.1, 0.15) is 17.0 Å². The van der Waals surface area contributed by atoms with Crippen LogP contribution in [0.2, 0.25) is 5.02 Å². The van der Waals surface area contributed by atoms with Gasteiger partial charge in [-0.15, -0.1) is 0 Å². The van der Waals surface area contributed by atoms with E-state index in [1.54, 1.807) is 24.3 Å². The van der Waals surface area contributed by atoms with Crippen LogP contribution in [0.3, 0.4) is 0 Å². The Labute approximate surface area is 137 Å². The van der Waals surface area contributed by atoms with Crippen LogP contribution < -0.4 is 10.1 Å². The van der Waals surface area contributed by atoms with Gasteiger partial charge in [-0.3, -0.25) is 4.79 Å². The lowest BCUT2D eigenvalue weighted by Crippen LogP contribution is -2.27. The molecule has 0 saturated heterocycles. The van der Waals surface area contributed by atoms with E-state index in [0.717, 1.165) is 5.56 Å². The molecule has 1 amide bonds. The zero-order chi connectivity index (χ0) is 16.8. The monoisotopic (exact) mass is 329 g/mol. The molecule has 2 rings (SSSR count). The Morgan fingerprint density at radius 2 is 2.22 bits per heavy atom. The van der Waals surface area contributed by atoms with Gasteiger partial charge in [0.25, 0.3) is 0 Å². The summed E-state index contributed by atoms with van der Waals surface area (Å²) in [5.74, 6) is 0.284. The van der Waals surface area contributed by atoms with E-state index in [-0.39, 0.29) is 30.4 Å². The van der Waals surface area contributed by atoms with Crippen LogP contribution in [0, 0.1) is 22.7 Å². The molecule has 0 aliphatic rings. The fourth-order valence-electron chi connectivity index (χ4n) is 1.99. The van der Waals surface area contributed by atoms with Crippen molar-refractivity contribution in [1.82, 2.24) is 14.9 Å². The highest BCUT2D eigenvalue weighted by molar-refractivity contribution is 6.30. The summed E-state index contributed by atoms with van der Waals surface area (Å²) in [5.41, 5.74) is 0.789. The molecule has 7 nitrogen and oxygen atoms in total. The van der Waals surface area contributed by atoms with Crippen LogP contribution in [0.5, 0.6) is 5.75 Å². The highest BCUT2D eigenvalue weighted by Gasteiger charge is 2.13. The fraction of sp³-hybridized carbons (Fsp3) is 0.200. The van der Waals surface area contributed by atoms with Crippen molar-refractivity contribution in [2.24, 2.45) is 0 Å². The molecule has 0 unspecified atom stereocenters. The minimum Gasteiger partial charge on any atom is -0.496 e. The molecular formula is C15H12ClN5O2. The Hall–Kier alpha value is -3.03. The lowest BCUT2D eigenvalue weighted by atomic mass is 10.2. The third kappa shape index (κ3) is 3.79. The van der Waals surface area contributed by atoms with Crippen molar-refractivity contribution >= 4 is 17.5 Å². The second-order valence-corrected chi connectivity index (χ2v) is 4.96. The van der Waals surface area contributed by atoms with E-state index in [9.17, 15) is 4.79 Å². The number of nitrogens with one attached hydrogen (secondary N) is 1. The molecule has 0 fully saturated rings. The molecule has 0 aliphatic heterocycles. The maximum atomic E-state index is 12.0. The maximum absolute atomic E-state index is 12.0. The normalized spacial score (nSPS) is 9.74. The SMILES string of the molecule is COc1ccc(Cl)cc1CNC(=O)Cn1cnc(C#N)c1C#N. The van der Waals surface area contributed by atoms with E-state index >= 15 is 0 Å². The second-order valence-electron chi connectivity index (χ2n) is 4.53. The Kier molecular flexibility index (Phi) is 5.19. The topological polar surface area (TPSA) is 104 Å². The third-order valence-electron chi connectivity index (χ3n) is 3.08. The number of nitrogens with zero attached hydrogens (tertiary/aromatic N) is 4. The van der Waals surface area contributed by atoms with Crippen molar-refractivity contribution in [2.45, 2.75) is 13.1 Å². The average molecular weight is 330 g/mol. The Bertz CT molecular complexity index is 816. The molecule has 2 aromatic rings. The number of amides is 1. The largest absolute Gasteiger partial charge is 0.496 e. The Morgan fingerprint density at radius 1 is 1.43 bits per heavy atom. The molecule has 8 heteroatoms. The number of halogens is 1. The van der Waals surface area contributed by atoms with Crippen molar-refractivity contribution in [3.63, 3.8) is 0 Å². The lowest BCUT2D eigenvalue weighted by Gasteiger charge is -2.10. The van der Waals surface area contributed by atoms with Gasteiger partial charge >= 0.3 is 0 Å². The fourth-order valence-corrected chi connectivity index (χ4v) is 2.19. The van der Waals surface area contributed by atoms with Crippen molar-refractivity contribution in [2.75, 3.05) is 7.11 Å². The van der Waals surface area contributed by atoms with E-state index in [2.05, 4.69) is 10.3 Å². The van der Waals surface area contributed by atoms with Crippen molar-refractivity contribution in [3.05, 3.63) is 46.5 Å². The first-order chi connectivity index (χ1) is 11.1. The van der Waals surface area contributed by atoms with Crippen LogP contribution in [0.25, 0.3) is 0 Å². The molecule has 0 saturated carbocycles. The van der Waals surface area contributed by atoms with Gasteiger partial charge in [0.05, 0.1) is 13.4 Å². The van der Waals surface area contributed by atoms with Crippen molar-refractivity contribution < 1.29 is 9.53 Å². The van der Waals surface area contributed by atoms with Crippen LogP contribution in [0.4, 0.5) is 0 Å². The van der Waals surface area contributed by atoms with Gasteiger partial charge in [-0.05, 0) is 18.2 Å². The highest BCUT2D eigenvalue weighted by Crippen LogP contribution is 2.22. The number of hydrogen-bond donors (Lipinski definition) is 1. The third-order valence-corrected chi connectivity index (χ3v) is 3.32. The number of aromatic nitrogens is 2. The van der Waals surface area contributed by atoms with E-state index in [1.807, 2.05) is 6.07 Å². The number of carbonyl (C=O) groups is 1. The van der Waals surface area contributed by atoms with Crippen LogP contribution in [-0.4, -0.2) is 22.6 Å². The van der Waals surface area contributed by atoms with E-state index < -0.39 is 0 Å². The number of imidazole rings is 1.